The Morgan fingerprint density at radius 1 is 1.18 bits per heavy atom. The van der Waals surface area contributed by atoms with Crippen molar-refractivity contribution in [3.63, 3.8) is 0 Å². The average Bonchev–Trinajstić information content (AvgIpc) is 2.90. The molecule has 2 fully saturated rings. The number of benzene rings is 1. The van der Waals surface area contributed by atoms with Crippen LogP contribution in [0, 0.1) is 5.92 Å². The number of carbonyl (C=O) groups excluding carboxylic acids is 1. The van der Waals surface area contributed by atoms with Gasteiger partial charge in [0.1, 0.15) is 0 Å². The van der Waals surface area contributed by atoms with E-state index in [0.29, 0.717) is 6.04 Å². The first kappa shape index (κ1) is 14.9. The van der Waals surface area contributed by atoms with Crippen LogP contribution in [0.2, 0.25) is 0 Å². The summed E-state index contributed by atoms with van der Waals surface area (Å²) in [6, 6.07) is 8.48. The Labute approximate surface area is 130 Å². The number of hydrogen-bond donors (Lipinski definition) is 1. The highest BCUT2D eigenvalue weighted by Gasteiger charge is 2.35. The van der Waals surface area contributed by atoms with E-state index >= 15 is 0 Å². The minimum absolute atomic E-state index is 0.0975. The topological polar surface area (TPSA) is 60.9 Å². The number of carboxylic acid groups (broad SMARTS) is 1. The fourth-order valence-corrected chi connectivity index (χ4v) is 3.43. The monoisotopic (exact) mass is 302 g/mol. The fraction of sp³-hybridized carbons (Fsp3) is 0.529. The number of nitrogens with zero attached hydrogens (tertiary/aromatic N) is 2. The summed E-state index contributed by atoms with van der Waals surface area (Å²) in [7, 11) is 0. The number of anilines is 2. The van der Waals surface area contributed by atoms with Gasteiger partial charge in [-0.3, -0.25) is 9.59 Å². The van der Waals surface area contributed by atoms with E-state index in [1.807, 2.05) is 24.3 Å². The maximum atomic E-state index is 12.0. The lowest BCUT2D eigenvalue weighted by molar-refractivity contribution is -0.141. The maximum Gasteiger partial charge on any atom is 0.308 e. The summed E-state index contributed by atoms with van der Waals surface area (Å²) >= 11 is 0. The van der Waals surface area contributed by atoms with E-state index in [0.717, 1.165) is 12.2 Å². The zero-order chi connectivity index (χ0) is 15.7. The van der Waals surface area contributed by atoms with Crippen LogP contribution in [0.4, 0.5) is 11.4 Å². The summed E-state index contributed by atoms with van der Waals surface area (Å²) in [6.45, 7) is 3.59. The highest BCUT2D eigenvalue weighted by atomic mass is 16.4. The van der Waals surface area contributed by atoms with Gasteiger partial charge in [-0.05, 0) is 50.5 Å². The van der Waals surface area contributed by atoms with E-state index in [1.54, 1.807) is 4.90 Å². The lowest BCUT2D eigenvalue weighted by Gasteiger charge is -2.35. The van der Waals surface area contributed by atoms with Crippen molar-refractivity contribution in [1.82, 2.24) is 0 Å². The van der Waals surface area contributed by atoms with E-state index in [-0.39, 0.29) is 18.9 Å². The average molecular weight is 302 g/mol. The molecule has 3 rings (SSSR count). The van der Waals surface area contributed by atoms with Gasteiger partial charge in [-0.2, -0.15) is 0 Å². The normalized spacial score (nSPS) is 25.6. The van der Waals surface area contributed by atoms with Crippen LogP contribution in [-0.4, -0.2) is 36.1 Å². The molecule has 2 aliphatic rings. The van der Waals surface area contributed by atoms with Gasteiger partial charge in [0, 0.05) is 36.9 Å². The number of carbonyl (C=O) groups is 2. The Hall–Kier alpha value is -2.04. The van der Waals surface area contributed by atoms with Crippen LogP contribution >= 0.6 is 0 Å². The first-order valence-corrected chi connectivity index (χ1v) is 7.96. The molecule has 22 heavy (non-hydrogen) atoms. The Balaban J connectivity index is 1.74. The number of aliphatic carboxylic acids is 1. The van der Waals surface area contributed by atoms with Crippen molar-refractivity contribution >= 4 is 23.3 Å². The maximum absolute atomic E-state index is 12.0. The van der Waals surface area contributed by atoms with Crippen LogP contribution in [-0.2, 0) is 9.59 Å². The molecule has 5 nitrogen and oxygen atoms in total. The third-order valence-electron chi connectivity index (χ3n) is 4.77. The summed E-state index contributed by atoms with van der Waals surface area (Å²) in [5.41, 5.74) is 1.97. The molecule has 2 aliphatic heterocycles. The molecular formula is C17H22N2O3. The van der Waals surface area contributed by atoms with Crippen molar-refractivity contribution in [2.75, 3.05) is 22.9 Å². The van der Waals surface area contributed by atoms with Crippen LogP contribution in [0.25, 0.3) is 0 Å². The minimum atomic E-state index is -0.894. The Morgan fingerprint density at radius 2 is 1.86 bits per heavy atom. The second-order valence-corrected chi connectivity index (χ2v) is 6.30. The van der Waals surface area contributed by atoms with Gasteiger partial charge in [0.05, 0.1) is 5.92 Å². The van der Waals surface area contributed by atoms with Crippen molar-refractivity contribution in [2.24, 2.45) is 5.92 Å². The summed E-state index contributed by atoms with van der Waals surface area (Å²) in [6.07, 6.45) is 3.82. The van der Waals surface area contributed by atoms with Crippen molar-refractivity contribution in [3.05, 3.63) is 24.3 Å². The van der Waals surface area contributed by atoms with Crippen molar-refractivity contribution in [3.8, 4) is 0 Å². The van der Waals surface area contributed by atoms with Crippen LogP contribution in [0.15, 0.2) is 24.3 Å². The van der Waals surface area contributed by atoms with Gasteiger partial charge < -0.3 is 14.9 Å². The fourth-order valence-electron chi connectivity index (χ4n) is 3.43. The van der Waals surface area contributed by atoms with Crippen molar-refractivity contribution in [2.45, 2.75) is 38.6 Å². The number of carboxylic acids is 1. The summed E-state index contributed by atoms with van der Waals surface area (Å²) < 4.78 is 0. The Kier molecular flexibility index (Phi) is 4.05. The lowest BCUT2D eigenvalue weighted by atomic mass is 10.0. The van der Waals surface area contributed by atoms with Gasteiger partial charge in [0.15, 0.2) is 0 Å². The summed E-state index contributed by atoms with van der Waals surface area (Å²) in [5, 5.41) is 9.05. The minimum Gasteiger partial charge on any atom is -0.481 e. The second-order valence-electron chi connectivity index (χ2n) is 6.30. The molecule has 0 spiro atoms. The zero-order valence-electron chi connectivity index (χ0n) is 12.9. The van der Waals surface area contributed by atoms with Gasteiger partial charge >= 0.3 is 5.97 Å². The number of rotatable bonds is 3. The van der Waals surface area contributed by atoms with Crippen LogP contribution in [0.1, 0.15) is 32.6 Å². The van der Waals surface area contributed by atoms with Crippen LogP contribution < -0.4 is 9.80 Å². The smallest absolute Gasteiger partial charge is 0.308 e. The molecule has 0 aromatic heterocycles. The molecule has 0 saturated carbocycles. The molecule has 118 valence electrons. The third-order valence-corrected chi connectivity index (χ3v) is 4.77. The molecule has 2 atom stereocenters. The van der Waals surface area contributed by atoms with Crippen LogP contribution in [0.3, 0.4) is 0 Å². The molecule has 0 radical (unpaired) electrons. The van der Waals surface area contributed by atoms with E-state index in [9.17, 15) is 9.59 Å². The molecule has 2 saturated heterocycles. The van der Waals surface area contributed by atoms with Gasteiger partial charge in [-0.15, -0.1) is 0 Å². The number of piperidine rings is 1. The molecule has 2 heterocycles. The molecule has 0 aliphatic carbocycles. The molecule has 0 unspecified atom stereocenters. The van der Waals surface area contributed by atoms with Gasteiger partial charge in [0.25, 0.3) is 0 Å². The van der Waals surface area contributed by atoms with E-state index in [2.05, 4.69) is 11.8 Å². The van der Waals surface area contributed by atoms with E-state index in [1.165, 1.54) is 24.9 Å². The molecule has 0 bridgehead atoms. The Morgan fingerprint density at radius 3 is 2.45 bits per heavy atom. The molecule has 1 aromatic rings. The zero-order valence-corrected chi connectivity index (χ0v) is 12.9. The standard InChI is InChI=1S/C17H22N2O3/c1-12-4-2-3-9-18(12)14-5-7-15(8-6-14)19-11-13(17(21)22)10-16(19)20/h5-8,12-13H,2-4,9-11H2,1H3,(H,21,22)/t12-,13-/m1/s1. The van der Waals surface area contributed by atoms with Gasteiger partial charge in [-0.1, -0.05) is 0 Å². The first-order chi connectivity index (χ1) is 10.6. The Bertz CT molecular complexity index is 570. The first-order valence-electron chi connectivity index (χ1n) is 7.96. The largest absolute Gasteiger partial charge is 0.481 e. The second kappa shape index (κ2) is 5.99. The number of hydrogen-bond acceptors (Lipinski definition) is 3. The number of amides is 1. The SMILES string of the molecule is C[C@@H]1CCCCN1c1ccc(N2C[C@H](C(=O)O)CC2=O)cc1. The molecule has 1 N–H and O–H groups in total. The predicted molar refractivity (Wildman–Crippen MR) is 85.2 cm³/mol. The third kappa shape index (κ3) is 2.80. The highest BCUT2D eigenvalue weighted by Crippen LogP contribution is 2.29. The summed E-state index contributed by atoms with van der Waals surface area (Å²) in [5.74, 6) is -1.59. The molecule has 1 amide bonds. The molecule has 5 heteroatoms. The van der Waals surface area contributed by atoms with Gasteiger partial charge in [-0.25, -0.2) is 0 Å². The van der Waals surface area contributed by atoms with E-state index < -0.39 is 11.9 Å². The highest BCUT2D eigenvalue weighted by molar-refractivity contribution is 5.99. The van der Waals surface area contributed by atoms with E-state index in [4.69, 9.17) is 5.11 Å². The van der Waals surface area contributed by atoms with Gasteiger partial charge in [0.2, 0.25) is 5.91 Å². The quantitative estimate of drug-likeness (QED) is 0.932. The van der Waals surface area contributed by atoms with Crippen molar-refractivity contribution < 1.29 is 14.7 Å². The predicted octanol–water partition coefficient (Wildman–Crippen LogP) is 2.50. The van der Waals surface area contributed by atoms with Crippen LogP contribution in [0.5, 0.6) is 0 Å². The molecule has 1 aromatic carbocycles. The summed E-state index contributed by atoms with van der Waals surface area (Å²) in [4.78, 5) is 27.0. The lowest BCUT2D eigenvalue weighted by Crippen LogP contribution is -2.37. The van der Waals surface area contributed by atoms with Crippen molar-refractivity contribution in [1.29, 1.82) is 0 Å². The molecular weight excluding hydrogens is 280 g/mol.